The molecule has 1 atom stereocenters. The van der Waals surface area contributed by atoms with E-state index >= 15 is 0 Å². The van der Waals surface area contributed by atoms with Gasteiger partial charge in [0, 0.05) is 25.4 Å². The van der Waals surface area contributed by atoms with Crippen molar-refractivity contribution in [1.29, 1.82) is 0 Å². The smallest absolute Gasteiger partial charge is 0.215 e. The molecule has 0 aliphatic rings. The first-order valence-electron chi connectivity index (χ1n) is 5.61. The van der Waals surface area contributed by atoms with Gasteiger partial charge in [-0.1, -0.05) is 6.92 Å². The Hall–Kier alpha value is 0.220. The molecule has 0 bridgehead atoms. The highest BCUT2D eigenvalue weighted by Crippen LogP contribution is 2.08. The van der Waals surface area contributed by atoms with Gasteiger partial charge < -0.3 is 5.32 Å². The van der Waals surface area contributed by atoms with E-state index < -0.39 is 10.0 Å². The summed E-state index contributed by atoms with van der Waals surface area (Å²) in [7, 11) is -1.44. The van der Waals surface area contributed by atoms with Gasteiger partial charge in [-0.25, -0.2) is 12.7 Å². The average Bonchev–Trinajstić information content (AvgIpc) is 2.23. The molecular formula is C10H24N2O2S2. The molecular weight excluding hydrogens is 244 g/mol. The number of hydrogen-bond acceptors (Lipinski definition) is 4. The van der Waals surface area contributed by atoms with Gasteiger partial charge in [0.2, 0.25) is 10.0 Å². The van der Waals surface area contributed by atoms with Crippen molar-refractivity contribution in [2.75, 3.05) is 37.9 Å². The normalized spacial score (nSPS) is 14.3. The summed E-state index contributed by atoms with van der Waals surface area (Å²) >= 11 is 1.66. The Kier molecular flexibility index (Phi) is 8.45. The molecule has 0 heterocycles. The SMILES string of the molecule is CCCNCCS(=O)(=O)N(C)C(C)CSC. The molecule has 1 N–H and O–H groups in total. The molecule has 0 rings (SSSR count). The fourth-order valence-corrected chi connectivity index (χ4v) is 3.38. The first-order chi connectivity index (χ1) is 7.45. The third-order valence-electron chi connectivity index (χ3n) is 2.43. The summed E-state index contributed by atoms with van der Waals surface area (Å²) in [5, 5.41) is 3.11. The molecule has 6 heteroatoms. The number of nitrogens with zero attached hydrogens (tertiary/aromatic N) is 1. The zero-order valence-electron chi connectivity index (χ0n) is 10.7. The van der Waals surface area contributed by atoms with E-state index in [1.54, 1.807) is 18.8 Å². The largest absolute Gasteiger partial charge is 0.316 e. The topological polar surface area (TPSA) is 49.4 Å². The van der Waals surface area contributed by atoms with E-state index in [-0.39, 0.29) is 11.8 Å². The van der Waals surface area contributed by atoms with E-state index in [1.807, 2.05) is 13.2 Å². The summed E-state index contributed by atoms with van der Waals surface area (Å²) in [5.74, 6) is 1.01. The lowest BCUT2D eigenvalue weighted by Gasteiger charge is -2.23. The summed E-state index contributed by atoms with van der Waals surface area (Å²) in [5.41, 5.74) is 0. The van der Waals surface area contributed by atoms with Crippen LogP contribution in [0.5, 0.6) is 0 Å². The van der Waals surface area contributed by atoms with Crippen molar-refractivity contribution in [3.05, 3.63) is 0 Å². The quantitative estimate of drug-likeness (QED) is 0.634. The number of thioether (sulfide) groups is 1. The van der Waals surface area contributed by atoms with Gasteiger partial charge in [0.05, 0.1) is 5.75 Å². The highest BCUT2D eigenvalue weighted by Gasteiger charge is 2.22. The minimum Gasteiger partial charge on any atom is -0.316 e. The third kappa shape index (κ3) is 6.08. The van der Waals surface area contributed by atoms with Crippen molar-refractivity contribution < 1.29 is 8.42 Å². The lowest BCUT2D eigenvalue weighted by Crippen LogP contribution is -2.40. The second kappa shape index (κ2) is 8.33. The van der Waals surface area contributed by atoms with Crippen LogP contribution >= 0.6 is 11.8 Å². The fourth-order valence-electron chi connectivity index (χ4n) is 1.27. The maximum absolute atomic E-state index is 11.9. The molecule has 0 spiro atoms. The van der Waals surface area contributed by atoms with Crippen LogP contribution < -0.4 is 5.32 Å². The monoisotopic (exact) mass is 268 g/mol. The Morgan fingerprint density at radius 1 is 1.38 bits per heavy atom. The van der Waals surface area contributed by atoms with E-state index in [4.69, 9.17) is 0 Å². The Morgan fingerprint density at radius 2 is 2.00 bits per heavy atom. The number of hydrogen-bond donors (Lipinski definition) is 1. The van der Waals surface area contributed by atoms with Crippen LogP contribution in [0.3, 0.4) is 0 Å². The molecule has 0 aromatic carbocycles. The van der Waals surface area contributed by atoms with Gasteiger partial charge in [-0.2, -0.15) is 11.8 Å². The molecule has 98 valence electrons. The second-order valence-electron chi connectivity index (χ2n) is 3.89. The predicted molar refractivity (Wildman–Crippen MR) is 72.6 cm³/mol. The van der Waals surface area contributed by atoms with Crippen molar-refractivity contribution in [3.8, 4) is 0 Å². The van der Waals surface area contributed by atoms with Crippen LogP contribution in [0, 0.1) is 0 Å². The average molecular weight is 268 g/mol. The van der Waals surface area contributed by atoms with Gasteiger partial charge in [-0.3, -0.25) is 0 Å². The van der Waals surface area contributed by atoms with Crippen LogP contribution in [-0.2, 0) is 10.0 Å². The molecule has 0 aromatic heterocycles. The van der Waals surface area contributed by atoms with Gasteiger partial charge in [0.1, 0.15) is 0 Å². The van der Waals surface area contributed by atoms with E-state index in [0.29, 0.717) is 6.54 Å². The van der Waals surface area contributed by atoms with Crippen LogP contribution in [0.1, 0.15) is 20.3 Å². The van der Waals surface area contributed by atoms with Crippen LogP contribution in [-0.4, -0.2) is 56.7 Å². The Morgan fingerprint density at radius 3 is 2.50 bits per heavy atom. The van der Waals surface area contributed by atoms with Gasteiger partial charge >= 0.3 is 0 Å². The van der Waals surface area contributed by atoms with Crippen molar-refractivity contribution in [1.82, 2.24) is 9.62 Å². The van der Waals surface area contributed by atoms with Crippen LogP contribution in [0.25, 0.3) is 0 Å². The molecule has 1 unspecified atom stereocenters. The molecule has 0 saturated heterocycles. The fraction of sp³-hybridized carbons (Fsp3) is 1.00. The Balaban J connectivity index is 4.10. The van der Waals surface area contributed by atoms with Crippen LogP contribution in [0.15, 0.2) is 0 Å². The second-order valence-corrected chi connectivity index (χ2v) is 6.95. The van der Waals surface area contributed by atoms with Crippen molar-refractivity contribution in [2.45, 2.75) is 26.3 Å². The molecule has 0 aliphatic carbocycles. The lowest BCUT2D eigenvalue weighted by atomic mass is 10.4. The summed E-state index contributed by atoms with van der Waals surface area (Å²) in [6.45, 7) is 5.41. The van der Waals surface area contributed by atoms with E-state index in [1.165, 1.54) is 4.31 Å². The number of sulfonamides is 1. The van der Waals surface area contributed by atoms with Gasteiger partial charge in [-0.05, 0) is 26.1 Å². The number of nitrogens with one attached hydrogen (secondary N) is 1. The summed E-state index contributed by atoms with van der Waals surface area (Å²) < 4.78 is 25.3. The van der Waals surface area contributed by atoms with E-state index in [2.05, 4.69) is 12.2 Å². The Labute approximate surface area is 104 Å². The molecule has 16 heavy (non-hydrogen) atoms. The standard InChI is InChI=1S/C10H24N2O2S2/c1-5-6-11-7-8-16(13,14)12(3)10(2)9-15-4/h10-11H,5-9H2,1-4H3. The van der Waals surface area contributed by atoms with Crippen LogP contribution in [0.4, 0.5) is 0 Å². The van der Waals surface area contributed by atoms with Crippen molar-refractivity contribution in [2.24, 2.45) is 0 Å². The molecule has 0 aromatic rings. The van der Waals surface area contributed by atoms with E-state index in [0.717, 1.165) is 18.7 Å². The molecule has 0 saturated carbocycles. The summed E-state index contributed by atoms with van der Waals surface area (Å²) in [4.78, 5) is 0. The molecule has 0 aliphatic heterocycles. The highest BCUT2D eigenvalue weighted by atomic mass is 32.2. The van der Waals surface area contributed by atoms with Gasteiger partial charge in [-0.15, -0.1) is 0 Å². The van der Waals surface area contributed by atoms with Gasteiger partial charge in [0.25, 0.3) is 0 Å². The predicted octanol–water partition coefficient (Wildman–Crippen LogP) is 0.999. The highest BCUT2D eigenvalue weighted by molar-refractivity contribution is 7.98. The first-order valence-corrected chi connectivity index (χ1v) is 8.61. The first kappa shape index (κ1) is 16.2. The van der Waals surface area contributed by atoms with Gasteiger partial charge in [0.15, 0.2) is 0 Å². The van der Waals surface area contributed by atoms with Crippen molar-refractivity contribution in [3.63, 3.8) is 0 Å². The van der Waals surface area contributed by atoms with Crippen molar-refractivity contribution >= 4 is 21.8 Å². The Bertz CT molecular complexity index is 268. The maximum Gasteiger partial charge on any atom is 0.215 e. The van der Waals surface area contributed by atoms with Crippen LogP contribution in [0.2, 0.25) is 0 Å². The zero-order chi connectivity index (χ0) is 12.6. The molecule has 0 radical (unpaired) electrons. The molecule has 4 nitrogen and oxygen atoms in total. The minimum absolute atomic E-state index is 0.0613. The summed E-state index contributed by atoms with van der Waals surface area (Å²) in [6.07, 6.45) is 3.01. The lowest BCUT2D eigenvalue weighted by molar-refractivity contribution is 0.414. The molecule has 0 fully saturated rings. The third-order valence-corrected chi connectivity index (χ3v) is 5.20. The maximum atomic E-state index is 11.9. The minimum atomic E-state index is -3.10. The summed E-state index contributed by atoms with van der Waals surface area (Å²) in [6, 6.07) is 0.0613. The number of rotatable bonds is 9. The zero-order valence-corrected chi connectivity index (χ0v) is 12.3. The van der Waals surface area contributed by atoms with E-state index in [9.17, 15) is 8.42 Å². The molecule has 0 amide bonds.